The van der Waals surface area contributed by atoms with Crippen LogP contribution in [0.15, 0.2) is 18.2 Å². The van der Waals surface area contributed by atoms with Gasteiger partial charge in [0.2, 0.25) is 0 Å². The van der Waals surface area contributed by atoms with Gasteiger partial charge in [-0.25, -0.2) is 0 Å². The van der Waals surface area contributed by atoms with Crippen LogP contribution >= 0.6 is 0 Å². The molecule has 3 nitrogen and oxygen atoms in total. The topological polar surface area (TPSA) is 30.5 Å². The van der Waals surface area contributed by atoms with Crippen molar-refractivity contribution < 1.29 is 9.47 Å². The first-order valence-electron chi connectivity index (χ1n) is 7.96. The number of benzene rings is 1. The Hall–Kier alpha value is -1.06. The predicted octanol–water partition coefficient (Wildman–Crippen LogP) is 3.09. The van der Waals surface area contributed by atoms with Crippen molar-refractivity contribution in [2.45, 2.75) is 38.7 Å². The van der Waals surface area contributed by atoms with Crippen LogP contribution in [-0.2, 0) is 11.2 Å². The van der Waals surface area contributed by atoms with Gasteiger partial charge in [0.05, 0.1) is 12.7 Å². The van der Waals surface area contributed by atoms with Crippen LogP contribution in [0.5, 0.6) is 5.75 Å². The minimum Gasteiger partial charge on any atom is -0.493 e. The van der Waals surface area contributed by atoms with Gasteiger partial charge in [0, 0.05) is 25.5 Å². The van der Waals surface area contributed by atoms with Gasteiger partial charge in [-0.05, 0) is 49.1 Å². The van der Waals surface area contributed by atoms with E-state index in [2.05, 4.69) is 30.4 Å². The predicted molar refractivity (Wildman–Crippen MR) is 80.2 cm³/mol. The van der Waals surface area contributed by atoms with Crippen molar-refractivity contribution in [2.75, 3.05) is 26.3 Å². The highest BCUT2D eigenvalue weighted by atomic mass is 16.5. The van der Waals surface area contributed by atoms with E-state index >= 15 is 0 Å². The molecule has 0 spiro atoms. The summed E-state index contributed by atoms with van der Waals surface area (Å²) in [6.07, 6.45) is 4.92. The van der Waals surface area contributed by atoms with Crippen molar-refractivity contribution in [3.63, 3.8) is 0 Å². The third kappa shape index (κ3) is 2.99. The Morgan fingerprint density at radius 1 is 1.30 bits per heavy atom. The molecule has 2 unspecified atom stereocenters. The zero-order valence-electron chi connectivity index (χ0n) is 12.4. The fraction of sp³-hybridized carbons (Fsp3) is 0.647. The Morgan fingerprint density at radius 3 is 3.15 bits per heavy atom. The molecule has 0 saturated carbocycles. The molecule has 0 amide bonds. The zero-order valence-corrected chi connectivity index (χ0v) is 12.4. The van der Waals surface area contributed by atoms with Gasteiger partial charge >= 0.3 is 0 Å². The number of ether oxygens (including phenoxy) is 2. The molecule has 1 aromatic rings. The summed E-state index contributed by atoms with van der Waals surface area (Å²) in [5.74, 6) is 1.65. The lowest BCUT2D eigenvalue weighted by Gasteiger charge is -2.32. The Bertz CT molecular complexity index is 447. The molecule has 2 heterocycles. The van der Waals surface area contributed by atoms with Crippen LogP contribution < -0.4 is 10.1 Å². The van der Waals surface area contributed by atoms with Crippen molar-refractivity contribution in [3.05, 3.63) is 29.3 Å². The molecular formula is C17H25NO2. The lowest BCUT2D eigenvalue weighted by molar-refractivity contribution is -0.0277. The molecule has 2 atom stereocenters. The zero-order chi connectivity index (χ0) is 13.8. The summed E-state index contributed by atoms with van der Waals surface area (Å²) in [5.41, 5.74) is 2.68. The van der Waals surface area contributed by atoms with Gasteiger partial charge in [-0.1, -0.05) is 13.0 Å². The van der Waals surface area contributed by atoms with Gasteiger partial charge in [-0.15, -0.1) is 0 Å². The summed E-state index contributed by atoms with van der Waals surface area (Å²) in [6.45, 7) is 6.09. The van der Waals surface area contributed by atoms with Crippen molar-refractivity contribution in [1.82, 2.24) is 5.32 Å². The molecule has 110 valence electrons. The van der Waals surface area contributed by atoms with E-state index in [0.717, 1.165) is 38.5 Å². The van der Waals surface area contributed by atoms with Crippen molar-refractivity contribution in [1.29, 1.82) is 0 Å². The SMILES string of the molecule is CCCNCC1CCCOC1c1ccc2c(c1)CCO2. The van der Waals surface area contributed by atoms with E-state index in [1.807, 2.05) is 0 Å². The maximum atomic E-state index is 6.09. The molecule has 2 aliphatic heterocycles. The van der Waals surface area contributed by atoms with Crippen LogP contribution in [0.1, 0.15) is 43.4 Å². The maximum absolute atomic E-state index is 6.09. The van der Waals surface area contributed by atoms with Crippen molar-refractivity contribution in [3.8, 4) is 5.75 Å². The molecule has 1 N–H and O–H groups in total. The average Bonchev–Trinajstić information content (AvgIpc) is 2.95. The summed E-state index contributed by atoms with van der Waals surface area (Å²) in [4.78, 5) is 0. The monoisotopic (exact) mass is 275 g/mol. The molecule has 0 aromatic heterocycles. The highest BCUT2D eigenvalue weighted by molar-refractivity contribution is 5.40. The van der Waals surface area contributed by atoms with E-state index in [4.69, 9.17) is 9.47 Å². The molecule has 3 rings (SSSR count). The molecule has 1 fully saturated rings. The summed E-state index contributed by atoms with van der Waals surface area (Å²) in [7, 11) is 0. The highest BCUT2D eigenvalue weighted by Crippen LogP contribution is 2.36. The summed E-state index contributed by atoms with van der Waals surface area (Å²) in [5, 5.41) is 3.55. The largest absolute Gasteiger partial charge is 0.493 e. The van der Waals surface area contributed by atoms with E-state index in [9.17, 15) is 0 Å². The quantitative estimate of drug-likeness (QED) is 0.838. The fourth-order valence-electron chi connectivity index (χ4n) is 3.27. The van der Waals surface area contributed by atoms with E-state index in [0.29, 0.717) is 5.92 Å². The highest BCUT2D eigenvalue weighted by Gasteiger charge is 2.28. The van der Waals surface area contributed by atoms with E-state index in [1.54, 1.807) is 0 Å². The molecular weight excluding hydrogens is 250 g/mol. The Kier molecular flexibility index (Phi) is 4.58. The number of hydrogen-bond donors (Lipinski definition) is 1. The molecule has 1 saturated heterocycles. The smallest absolute Gasteiger partial charge is 0.122 e. The van der Waals surface area contributed by atoms with Crippen LogP contribution in [0.4, 0.5) is 0 Å². The Labute approximate surface area is 121 Å². The Balaban J connectivity index is 1.72. The molecule has 0 aliphatic carbocycles. The van der Waals surface area contributed by atoms with Crippen LogP contribution in [-0.4, -0.2) is 26.3 Å². The molecule has 0 bridgehead atoms. The second-order valence-corrected chi connectivity index (χ2v) is 5.86. The second-order valence-electron chi connectivity index (χ2n) is 5.86. The maximum Gasteiger partial charge on any atom is 0.122 e. The van der Waals surface area contributed by atoms with Crippen molar-refractivity contribution >= 4 is 0 Å². The third-order valence-corrected chi connectivity index (χ3v) is 4.32. The van der Waals surface area contributed by atoms with E-state index in [-0.39, 0.29) is 6.10 Å². The van der Waals surface area contributed by atoms with Gasteiger partial charge in [0.25, 0.3) is 0 Å². The average molecular weight is 275 g/mol. The first-order chi connectivity index (χ1) is 9.88. The van der Waals surface area contributed by atoms with E-state index < -0.39 is 0 Å². The lowest BCUT2D eigenvalue weighted by atomic mass is 9.88. The number of fused-ring (bicyclic) bond motifs is 1. The van der Waals surface area contributed by atoms with Gasteiger partial charge < -0.3 is 14.8 Å². The first kappa shape index (κ1) is 13.9. The van der Waals surface area contributed by atoms with Crippen molar-refractivity contribution in [2.24, 2.45) is 5.92 Å². The van der Waals surface area contributed by atoms with Crippen LogP contribution in [0.25, 0.3) is 0 Å². The standard InChI is InChI=1S/C17H25NO2/c1-2-8-18-12-15-4-3-9-20-17(15)14-5-6-16-13(11-14)7-10-19-16/h5-6,11,15,17-18H,2-4,7-10,12H2,1H3. The van der Waals surface area contributed by atoms with Gasteiger partial charge in [0.15, 0.2) is 0 Å². The summed E-state index contributed by atoms with van der Waals surface area (Å²) < 4.78 is 11.7. The molecule has 0 radical (unpaired) electrons. The first-order valence-corrected chi connectivity index (χ1v) is 7.96. The normalized spacial score (nSPS) is 25.2. The number of hydrogen-bond acceptors (Lipinski definition) is 3. The number of rotatable bonds is 5. The minimum absolute atomic E-state index is 0.249. The van der Waals surface area contributed by atoms with Gasteiger partial charge in [0.1, 0.15) is 5.75 Å². The molecule has 20 heavy (non-hydrogen) atoms. The third-order valence-electron chi connectivity index (χ3n) is 4.32. The molecule has 3 heteroatoms. The number of nitrogens with one attached hydrogen (secondary N) is 1. The lowest BCUT2D eigenvalue weighted by Crippen LogP contribution is -2.32. The van der Waals surface area contributed by atoms with Gasteiger partial charge in [-0.3, -0.25) is 0 Å². The van der Waals surface area contributed by atoms with Gasteiger partial charge in [-0.2, -0.15) is 0 Å². The molecule has 2 aliphatic rings. The van der Waals surface area contributed by atoms with E-state index in [1.165, 1.54) is 30.4 Å². The second kappa shape index (κ2) is 6.59. The van der Waals surface area contributed by atoms with Crippen LogP contribution in [0.2, 0.25) is 0 Å². The summed E-state index contributed by atoms with van der Waals surface area (Å²) in [6, 6.07) is 6.60. The minimum atomic E-state index is 0.249. The Morgan fingerprint density at radius 2 is 2.25 bits per heavy atom. The van der Waals surface area contributed by atoms with Crippen LogP contribution in [0.3, 0.4) is 0 Å². The van der Waals surface area contributed by atoms with Crippen LogP contribution in [0, 0.1) is 5.92 Å². The fourth-order valence-corrected chi connectivity index (χ4v) is 3.27. The molecule has 1 aromatic carbocycles. The summed E-state index contributed by atoms with van der Waals surface area (Å²) >= 11 is 0.